The first kappa shape index (κ1) is 13.4. The van der Waals surface area contributed by atoms with E-state index in [0.717, 1.165) is 28.9 Å². The molecule has 2 aromatic rings. The maximum atomic E-state index is 13.1. The first-order chi connectivity index (χ1) is 8.97. The fourth-order valence-electron chi connectivity index (χ4n) is 1.69. The number of aryl methyl sites for hydroxylation is 1. The lowest BCUT2D eigenvalue weighted by Crippen LogP contribution is -2.09. The van der Waals surface area contributed by atoms with Crippen LogP contribution in [0.1, 0.15) is 11.1 Å². The molecule has 0 saturated heterocycles. The highest BCUT2D eigenvalue weighted by atomic mass is 32.1. The Morgan fingerprint density at radius 1 is 1.11 bits per heavy atom. The van der Waals surface area contributed by atoms with Gasteiger partial charge in [0, 0.05) is 23.0 Å². The van der Waals surface area contributed by atoms with Gasteiger partial charge in [-0.3, -0.25) is 0 Å². The van der Waals surface area contributed by atoms with Gasteiger partial charge in [-0.25, -0.2) is 8.78 Å². The van der Waals surface area contributed by atoms with Gasteiger partial charge in [0.25, 0.3) is 0 Å². The van der Waals surface area contributed by atoms with Crippen LogP contribution >= 0.6 is 12.2 Å². The predicted octanol–water partition coefficient (Wildman–Crippen LogP) is 3.65. The van der Waals surface area contributed by atoms with E-state index in [1.807, 2.05) is 13.0 Å². The third kappa shape index (κ3) is 3.06. The molecule has 2 rings (SSSR count). The Bertz CT molecular complexity index is 641. The largest absolute Gasteiger partial charge is 0.389 e. The zero-order chi connectivity index (χ0) is 14.0. The zero-order valence-corrected chi connectivity index (χ0v) is 11.0. The minimum atomic E-state index is -0.887. The van der Waals surface area contributed by atoms with E-state index in [1.54, 1.807) is 12.1 Å². The van der Waals surface area contributed by atoms with Crippen LogP contribution in [0.2, 0.25) is 0 Å². The maximum Gasteiger partial charge on any atom is 0.160 e. The quantitative estimate of drug-likeness (QED) is 0.842. The van der Waals surface area contributed by atoms with Crippen LogP contribution in [-0.2, 0) is 0 Å². The number of rotatable bonds is 3. The third-order valence-electron chi connectivity index (χ3n) is 2.71. The second-order valence-corrected chi connectivity index (χ2v) is 4.59. The van der Waals surface area contributed by atoms with Crippen LogP contribution in [0.15, 0.2) is 36.4 Å². The second-order valence-electron chi connectivity index (χ2n) is 4.15. The number of hydrogen-bond acceptors (Lipinski definition) is 2. The zero-order valence-electron chi connectivity index (χ0n) is 10.2. The Morgan fingerprint density at radius 3 is 2.42 bits per heavy atom. The van der Waals surface area contributed by atoms with Crippen molar-refractivity contribution < 1.29 is 8.78 Å². The van der Waals surface area contributed by atoms with Gasteiger partial charge in [0.1, 0.15) is 4.99 Å². The molecule has 0 aromatic heterocycles. The molecule has 0 radical (unpaired) electrons. The van der Waals surface area contributed by atoms with E-state index in [9.17, 15) is 8.78 Å². The maximum absolute atomic E-state index is 13.1. The number of anilines is 2. The molecular formula is C14H12F2N2S. The summed E-state index contributed by atoms with van der Waals surface area (Å²) in [6, 6.07) is 9.07. The fourth-order valence-corrected chi connectivity index (χ4v) is 1.81. The number of nitrogens with one attached hydrogen (secondary N) is 1. The van der Waals surface area contributed by atoms with E-state index in [1.165, 1.54) is 6.07 Å². The van der Waals surface area contributed by atoms with Gasteiger partial charge in [-0.15, -0.1) is 0 Å². The highest BCUT2D eigenvalue weighted by Crippen LogP contribution is 2.22. The van der Waals surface area contributed by atoms with E-state index in [2.05, 4.69) is 5.32 Å². The number of halogens is 2. The molecule has 3 N–H and O–H groups in total. The molecule has 0 aliphatic carbocycles. The number of benzene rings is 2. The van der Waals surface area contributed by atoms with Gasteiger partial charge in [0.2, 0.25) is 0 Å². The van der Waals surface area contributed by atoms with Gasteiger partial charge < -0.3 is 11.1 Å². The Morgan fingerprint density at radius 2 is 1.84 bits per heavy atom. The van der Waals surface area contributed by atoms with E-state index in [0.29, 0.717) is 10.7 Å². The molecule has 0 heterocycles. The van der Waals surface area contributed by atoms with Crippen molar-refractivity contribution in [3.8, 4) is 0 Å². The van der Waals surface area contributed by atoms with E-state index >= 15 is 0 Å². The molecule has 5 heteroatoms. The number of hydrogen-bond donors (Lipinski definition) is 2. The topological polar surface area (TPSA) is 38.0 Å². The van der Waals surface area contributed by atoms with Crippen LogP contribution in [0.3, 0.4) is 0 Å². The summed E-state index contributed by atoms with van der Waals surface area (Å²) in [5, 5.41) is 3.02. The number of thiocarbonyl (C=S) groups is 1. The van der Waals surface area contributed by atoms with Gasteiger partial charge in [-0.05, 0) is 42.8 Å². The van der Waals surface area contributed by atoms with Crippen LogP contribution in [0.25, 0.3) is 0 Å². The average Bonchev–Trinajstić information content (AvgIpc) is 2.36. The van der Waals surface area contributed by atoms with Crippen molar-refractivity contribution in [1.82, 2.24) is 0 Å². The summed E-state index contributed by atoms with van der Waals surface area (Å²) in [6.07, 6.45) is 0. The average molecular weight is 278 g/mol. The molecule has 0 atom stereocenters. The SMILES string of the molecule is Cc1cc(C(N)=S)ccc1Nc1ccc(F)c(F)c1. The van der Waals surface area contributed by atoms with E-state index in [4.69, 9.17) is 18.0 Å². The molecule has 0 saturated carbocycles. The molecule has 0 fully saturated rings. The van der Waals surface area contributed by atoms with Crippen LogP contribution in [0.5, 0.6) is 0 Å². The van der Waals surface area contributed by atoms with Gasteiger partial charge in [0.15, 0.2) is 11.6 Å². The summed E-state index contributed by atoms with van der Waals surface area (Å²) in [5.74, 6) is -1.76. The van der Waals surface area contributed by atoms with Crippen molar-refractivity contribution in [2.45, 2.75) is 6.92 Å². The normalized spacial score (nSPS) is 10.3. The predicted molar refractivity (Wildman–Crippen MR) is 76.7 cm³/mol. The molecule has 0 bridgehead atoms. The lowest BCUT2D eigenvalue weighted by atomic mass is 10.1. The molecule has 0 aliphatic rings. The Kier molecular flexibility index (Phi) is 3.76. The monoisotopic (exact) mass is 278 g/mol. The Balaban J connectivity index is 2.28. The molecule has 2 nitrogen and oxygen atoms in total. The van der Waals surface area contributed by atoms with E-state index < -0.39 is 11.6 Å². The first-order valence-corrected chi connectivity index (χ1v) is 6.01. The van der Waals surface area contributed by atoms with Gasteiger partial charge in [0.05, 0.1) is 0 Å². The highest BCUT2D eigenvalue weighted by molar-refractivity contribution is 7.80. The van der Waals surface area contributed by atoms with Crippen molar-refractivity contribution in [3.05, 3.63) is 59.2 Å². The standard InChI is InChI=1S/C14H12F2N2S/c1-8-6-9(14(17)19)2-5-13(8)18-10-3-4-11(15)12(16)7-10/h2-7,18H,1H3,(H2,17,19). The summed E-state index contributed by atoms with van der Waals surface area (Å²) in [4.78, 5) is 0.322. The molecule has 0 aliphatic heterocycles. The minimum absolute atomic E-state index is 0.322. The molecule has 0 amide bonds. The van der Waals surface area contributed by atoms with Crippen molar-refractivity contribution >= 4 is 28.6 Å². The highest BCUT2D eigenvalue weighted by Gasteiger charge is 2.05. The molecule has 0 spiro atoms. The smallest absolute Gasteiger partial charge is 0.160 e. The first-order valence-electron chi connectivity index (χ1n) is 5.60. The lowest BCUT2D eigenvalue weighted by molar-refractivity contribution is 0.509. The summed E-state index contributed by atoms with van der Waals surface area (Å²) in [6.45, 7) is 1.88. The third-order valence-corrected chi connectivity index (χ3v) is 2.95. The van der Waals surface area contributed by atoms with Crippen molar-refractivity contribution in [3.63, 3.8) is 0 Å². The van der Waals surface area contributed by atoms with Gasteiger partial charge in [-0.2, -0.15) is 0 Å². The van der Waals surface area contributed by atoms with Crippen molar-refractivity contribution in [2.24, 2.45) is 5.73 Å². The van der Waals surface area contributed by atoms with Crippen LogP contribution in [-0.4, -0.2) is 4.99 Å². The Hall–Kier alpha value is -2.01. The fraction of sp³-hybridized carbons (Fsp3) is 0.0714. The van der Waals surface area contributed by atoms with Crippen molar-refractivity contribution in [1.29, 1.82) is 0 Å². The lowest BCUT2D eigenvalue weighted by Gasteiger charge is -2.11. The van der Waals surface area contributed by atoms with Gasteiger partial charge in [-0.1, -0.05) is 12.2 Å². The summed E-state index contributed by atoms with van der Waals surface area (Å²) >= 11 is 4.89. The van der Waals surface area contributed by atoms with Crippen molar-refractivity contribution in [2.75, 3.05) is 5.32 Å². The summed E-state index contributed by atoms with van der Waals surface area (Å²) < 4.78 is 25.9. The summed E-state index contributed by atoms with van der Waals surface area (Å²) in [7, 11) is 0. The molecule has 0 unspecified atom stereocenters. The minimum Gasteiger partial charge on any atom is -0.389 e. The van der Waals surface area contributed by atoms with E-state index in [-0.39, 0.29) is 0 Å². The number of nitrogens with two attached hydrogens (primary N) is 1. The molecule has 19 heavy (non-hydrogen) atoms. The van der Waals surface area contributed by atoms with Crippen LogP contribution in [0, 0.1) is 18.6 Å². The van der Waals surface area contributed by atoms with Gasteiger partial charge >= 0.3 is 0 Å². The summed E-state index contributed by atoms with van der Waals surface area (Å²) in [5.41, 5.74) is 8.48. The second kappa shape index (κ2) is 5.32. The molecule has 98 valence electrons. The molecule has 2 aromatic carbocycles. The Labute approximate surface area is 115 Å². The van der Waals surface area contributed by atoms with Crippen LogP contribution in [0.4, 0.5) is 20.2 Å². The van der Waals surface area contributed by atoms with Crippen LogP contribution < -0.4 is 11.1 Å². The molecular weight excluding hydrogens is 266 g/mol.